The summed E-state index contributed by atoms with van der Waals surface area (Å²) in [4.78, 5) is 26.9. The van der Waals surface area contributed by atoms with Crippen molar-refractivity contribution in [2.75, 3.05) is 19.6 Å². The van der Waals surface area contributed by atoms with E-state index in [-0.39, 0.29) is 23.7 Å². The third kappa shape index (κ3) is 5.22. The van der Waals surface area contributed by atoms with Gasteiger partial charge in [0.05, 0.1) is 5.92 Å². The molecule has 1 unspecified atom stereocenters. The molecule has 0 spiro atoms. The van der Waals surface area contributed by atoms with Crippen LogP contribution in [0.5, 0.6) is 0 Å². The van der Waals surface area contributed by atoms with Crippen LogP contribution in [0.15, 0.2) is 60.7 Å². The molecule has 0 radical (unpaired) electrons. The van der Waals surface area contributed by atoms with Crippen LogP contribution in [0.3, 0.4) is 0 Å². The largest absolute Gasteiger partial charge is 0.355 e. The minimum atomic E-state index is -0.109. The van der Waals surface area contributed by atoms with Crippen molar-refractivity contribution in [2.24, 2.45) is 5.92 Å². The molecular formula is C24H30N2O2. The minimum absolute atomic E-state index is 0.0610. The van der Waals surface area contributed by atoms with Gasteiger partial charge in [-0.15, -0.1) is 0 Å². The molecule has 2 amide bonds. The van der Waals surface area contributed by atoms with Crippen molar-refractivity contribution < 1.29 is 9.59 Å². The zero-order chi connectivity index (χ0) is 19.8. The van der Waals surface area contributed by atoms with Gasteiger partial charge in [0.25, 0.3) is 0 Å². The second kappa shape index (κ2) is 10.1. The Kier molecular flexibility index (Phi) is 7.24. The van der Waals surface area contributed by atoms with Crippen molar-refractivity contribution in [3.63, 3.8) is 0 Å². The Labute approximate surface area is 167 Å². The molecule has 2 aromatic carbocycles. The number of amides is 2. The first-order chi connectivity index (χ1) is 13.7. The third-order valence-corrected chi connectivity index (χ3v) is 5.49. The minimum Gasteiger partial charge on any atom is -0.355 e. The van der Waals surface area contributed by atoms with E-state index in [9.17, 15) is 9.59 Å². The van der Waals surface area contributed by atoms with Crippen molar-refractivity contribution in [1.82, 2.24) is 10.2 Å². The van der Waals surface area contributed by atoms with Crippen molar-refractivity contribution in [3.8, 4) is 0 Å². The van der Waals surface area contributed by atoms with Gasteiger partial charge in [-0.2, -0.15) is 0 Å². The van der Waals surface area contributed by atoms with E-state index in [4.69, 9.17) is 0 Å². The predicted molar refractivity (Wildman–Crippen MR) is 112 cm³/mol. The summed E-state index contributed by atoms with van der Waals surface area (Å²) in [5, 5.41) is 3.16. The number of rotatable bonds is 7. The highest BCUT2D eigenvalue weighted by Crippen LogP contribution is 2.24. The fraction of sp³-hybridized carbons (Fsp3) is 0.417. The lowest BCUT2D eigenvalue weighted by molar-refractivity contribution is -0.135. The van der Waals surface area contributed by atoms with Crippen molar-refractivity contribution in [3.05, 3.63) is 71.8 Å². The average molecular weight is 379 g/mol. The molecule has 1 saturated heterocycles. The zero-order valence-corrected chi connectivity index (χ0v) is 16.6. The average Bonchev–Trinajstić information content (AvgIpc) is 2.75. The summed E-state index contributed by atoms with van der Waals surface area (Å²) in [5.74, 6) is 0.242. The Hall–Kier alpha value is -2.62. The van der Waals surface area contributed by atoms with Gasteiger partial charge in [0.1, 0.15) is 0 Å². The zero-order valence-electron chi connectivity index (χ0n) is 16.6. The maximum Gasteiger partial charge on any atom is 0.224 e. The van der Waals surface area contributed by atoms with Crippen molar-refractivity contribution >= 4 is 11.8 Å². The van der Waals surface area contributed by atoms with Crippen LogP contribution in [0.1, 0.15) is 49.7 Å². The second-order valence-electron chi connectivity index (χ2n) is 7.55. The van der Waals surface area contributed by atoms with Crippen molar-refractivity contribution in [2.45, 2.75) is 38.5 Å². The number of hydrogen-bond donors (Lipinski definition) is 1. The number of nitrogens with zero attached hydrogens (tertiary/aromatic N) is 1. The monoisotopic (exact) mass is 378 g/mol. The van der Waals surface area contributed by atoms with Gasteiger partial charge < -0.3 is 10.2 Å². The highest BCUT2D eigenvalue weighted by atomic mass is 16.2. The number of benzene rings is 2. The molecule has 1 aliphatic rings. The smallest absolute Gasteiger partial charge is 0.224 e. The maximum absolute atomic E-state index is 12.8. The Balaban J connectivity index is 1.64. The van der Waals surface area contributed by atoms with Gasteiger partial charge in [0.15, 0.2) is 0 Å². The maximum atomic E-state index is 12.8. The summed E-state index contributed by atoms with van der Waals surface area (Å²) < 4.78 is 0. The van der Waals surface area contributed by atoms with E-state index < -0.39 is 0 Å². The molecule has 1 heterocycles. The summed E-state index contributed by atoms with van der Waals surface area (Å²) in [7, 11) is 0. The molecule has 1 fully saturated rings. The van der Waals surface area contributed by atoms with Gasteiger partial charge in [-0.05, 0) is 30.4 Å². The number of piperidine rings is 1. The third-order valence-electron chi connectivity index (χ3n) is 5.49. The van der Waals surface area contributed by atoms with Gasteiger partial charge in [0.2, 0.25) is 11.8 Å². The normalized spacial score (nSPS) is 16.8. The molecule has 0 aliphatic carbocycles. The van der Waals surface area contributed by atoms with Gasteiger partial charge >= 0.3 is 0 Å². The lowest BCUT2D eigenvalue weighted by Gasteiger charge is -2.32. The van der Waals surface area contributed by atoms with E-state index in [0.717, 1.165) is 25.8 Å². The molecule has 1 atom stereocenters. The number of carbonyl (C=O) groups is 2. The first-order valence-corrected chi connectivity index (χ1v) is 10.3. The summed E-state index contributed by atoms with van der Waals surface area (Å²) in [6.07, 6.45) is 3.16. The molecule has 0 bridgehead atoms. The van der Waals surface area contributed by atoms with Gasteiger partial charge in [-0.25, -0.2) is 0 Å². The summed E-state index contributed by atoms with van der Waals surface area (Å²) in [5.41, 5.74) is 2.38. The molecular weight excluding hydrogens is 348 g/mol. The van der Waals surface area contributed by atoms with E-state index in [1.54, 1.807) is 0 Å². The topological polar surface area (TPSA) is 49.4 Å². The number of likely N-dealkylation sites (tertiary alicyclic amines) is 1. The van der Waals surface area contributed by atoms with Gasteiger partial charge in [-0.1, -0.05) is 67.6 Å². The Morgan fingerprint density at radius 3 is 2.21 bits per heavy atom. The molecule has 4 heteroatoms. The van der Waals surface area contributed by atoms with E-state index in [1.165, 1.54) is 11.1 Å². The van der Waals surface area contributed by atoms with Crippen LogP contribution in [0.4, 0.5) is 0 Å². The number of nitrogens with one attached hydrogen (secondary N) is 1. The lowest BCUT2D eigenvalue weighted by Crippen LogP contribution is -2.46. The Morgan fingerprint density at radius 1 is 1.04 bits per heavy atom. The van der Waals surface area contributed by atoms with E-state index >= 15 is 0 Å². The summed E-state index contributed by atoms with van der Waals surface area (Å²) in [6, 6.07) is 20.6. The summed E-state index contributed by atoms with van der Waals surface area (Å²) in [6.45, 7) is 3.90. The van der Waals surface area contributed by atoms with Crippen LogP contribution >= 0.6 is 0 Å². The highest BCUT2D eigenvalue weighted by Gasteiger charge is 2.28. The molecule has 3 rings (SSSR count). The van der Waals surface area contributed by atoms with E-state index in [0.29, 0.717) is 19.5 Å². The SMILES string of the molecule is CCCC(=O)N1CCCC(C(=O)NCC(c2ccccc2)c2ccccc2)C1. The van der Waals surface area contributed by atoms with Gasteiger partial charge in [-0.3, -0.25) is 9.59 Å². The second-order valence-corrected chi connectivity index (χ2v) is 7.55. The first kappa shape index (κ1) is 20.1. The molecule has 0 saturated carbocycles. The van der Waals surface area contributed by atoms with Crippen LogP contribution in [-0.2, 0) is 9.59 Å². The fourth-order valence-electron chi connectivity index (χ4n) is 3.94. The molecule has 4 nitrogen and oxygen atoms in total. The van der Waals surface area contributed by atoms with E-state index in [2.05, 4.69) is 29.6 Å². The number of hydrogen-bond acceptors (Lipinski definition) is 2. The quantitative estimate of drug-likeness (QED) is 0.792. The molecule has 2 aromatic rings. The van der Waals surface area contributed by atoms with Crippen LogP contribution < -0.4 is 5.32 Å². The molecule has 1 N–H and O–H groups in total. The Morgan fingerprint density at radius 2 is 1.64 bits per heavy atom. The molecule has 0 aromatic heterocycles. The first-order valence-electron chi connectivity index (χ1n) is 10.3. The standard InChI is InChI=1S/C24H30N2O2/c1-2-10-23(27)26-16-9-15-21(18-26)24(28)25-17-22(19-11-5-3-6-12-19)20-13-7-4-8-14-20/h3-8,11-14,21-22H,2,9-10,15-18H2,1H3,(H,25,28). The predicted octanol–water partition coefficient (Wildman–Crippen LogP) is 3.97. The molecule has 1 aliphatic heterocycles. The lowest BCUT2D eigenvalue weighted by atomic mass is 9.90. The Bertz CT molecular complexity index is 721. The van der Waals surface area contributed by atoms with Crippen LogP contribution in [0.25, 0.3) is 0 Å². The van der Waals surface area contributed by atoms with Crippen molar-refractivity contribution in [1.29, 1.82) is 0 Å². The summed E-state index contributed by atoms with van der Waals surface area (Å²) >= 11 is 0. The van der Waals surface area contributed by atoms with Gasteiger partial charge in [0, 0.05) is 32.0 Å². The molecule has 148 valence electrons. The van der Waals surface area contributed by atoms with Crippen LogP contribution in [0.2, 0.25) is 0 Å². The molecule has 28 heavy (non-hydrogen) atoms. The fourth-order valence-corrected chi connectivity index (χ4v) is 3.94. The number of carbonyl (C=O) groups excluding carboxylic acids is 2. The van der Waals surface area contributed by atoms with Crippen LogP contribution in [0, 0.1) is 5.92 Å². The van der Waals surface area contributed by atoms with E-state index in [1.807, 2.05) is 48.2 Å². The highest BCUT2D eigenvalue weighted by molar-refractivity contribution is 5.81. The van der Waals surface area contributed by atoms with Crippen LogP contribution in [-0.4, -0.2) is 36.3 Å².